The number of rotatable bonds is 11. The Labute approximate surface area is 104 Å². The number of hydrogen-bond acceptors (Lipinski definition) is 4. The Morgan fingerprint density at radius 3 is 2.06 bits per heavy atom. The van der Waals surface area contributed by atoms with Crippen LogP contribution in [0.15, 0.2) is 0 Å². The summed E-state index contributed by atoms with van der Waals surface area (Å²) in [6, 6.07) is 0. The van der Waals surface area contributed by atoms with E-state index in [1.54, 1.807) is 0 Å². The Morgan fingerprint density at radius 1 is 0.941 bits per heavy atom. The monoisotopic (exact) mass is 248 g/mol. The van der Waals surface area contributed by atoms with Crippen molar-refractivity contribution in [2.45, 2.75) is 76.6 Å². The molecule has 0 radical (unpaired) electrons. The summed E-state index contributed by atoms with van der Waals surface area (Å²) in [4.78, 5) is 0. The van der Waals surface area contributed by atoms with E-state index in [1.807, 2.05) is 6.92 Å². The van der Waals surface area contributed by atoms with Crippen molar-refractivity contribution in [2.75, 3.05) is 6.61 Å². The molecule has 0 amide bonds. The minimum absolute atomic E-state index is 0.155. The van der Waals surface area contributed by atoms with Gasteiger partial charge in [-0.2, -0.15) is 0 Å². The lowest BCUT2D eigenvalue weighted by Crippen LogP contribution is -2.32. The fourth-order valence-corrected chi connectivity index (χ4v) is 2.06. The summed E-state index contributed by atoms with van der Waals surface area (Å²) in [6.45, 7) is 1.85. The summed E-state index contributed by atoms with van der Waals surface area (Å²) in [6.07, 6.45) is 6.24. The van der Waals surface area contributed by atoms with Crippen molar-refractivity contribution in [1.82, 2.24) is 0 Å². The highest BCUT2D eigenvalue weighted by Crippen LogP contribution is 2.20. The number of aliphatic hydroxyl groups excluding tert-OH is 2. The van der Waals surface area contributed by atoms with Gasteiger partial charge in [-0.3, -0.25) is 0 Å². The van der Waals surface area contributed by atoms with Gasteiger partial charge >= 0.3 is 0 Å². The second-order valence-electron chi connectivity index (χ2n) is 4.92. The molecule has 17 heavy (non-hydrogen) atoms. The molecule has 4 nitrogen and oxygen atoms in total. The normalized spacial score (nSPS) is 15.2. The molecule has 4 N–H and O–H groups in total. The van der Waals surface area contributed by atoms with Crippen molar-refractivity contribution >= 4 is 0 Å². The quantitative estimate of drug-likeness (QED) is 0.330. The third-order valence-corrected chi connectivity index (χ3v) is 3.11. The number of unbranched alkanes of at least 4 members (excludes halogenated alkanes) is 4. The fraction of sp³-hybridized carbons (Fsp3) is 1.00. The van der Waals surface area contributed by atoms with E-state index in [1.165, 1.54) is 0 Å². The molecule has 0 aromatic rings. The third kappa shape index (κ3) is 9.53. The van der Waals surface area contributed by atoms with Crippen molar-refractivity contribution < 1.29 is 20.4 Å². The number of aliphatic hydroxyl groups is 4. The molecule has 1 atom stereocenters. The molecule has 0 aliphatic rings. The smallest absolute Gasteiger partial charge is 0.151 e. The minimum Gasteiger partial charge on any atom is -0.393 e. The highest BCUT2D eigenvalue weighted by molar-refractivity contribution is 4.76. The van der Waals surface area contributed by atoms with E-state index in [9.17, 15) is 5.11 Å². The zero-order valence-corrected chi connectivity index (χ0v) is 10.9. The van der Waals surface area contributed by atoms with E-state index < -0.39 is 11.9 Å². The molecule has 0 saturated heterocycles. The van der Waals surface area contributed by atoms with Crippen LogP contribution in [0.3, 0.4) is 0 Å². The summed E-state index contributed by atoms with van der Waals surface area (Å²) in [5.74, 6) is 0. The first-order valence-electron chi connectivity index (χ1n) is 6.73. The van der Waals surface area contributed by atoms with E-state index >= 15 is 0 Å². The Kier molecular flexibility index (Phi) is 9.74. The SMILES string of the molecule is CCCC(O)(CO)CCCCCCCC(O)O. The lowest BCUT2D eigenvalue weighted by Gasteiger charge is -2.25. The van der Waals surface area contributed by atoms with Gasteiger partial charge in [-0.15, -0.1) is 0 Å². The zero-order valence-electron chi connectivity index (χ0n) is 10.9. The average Bonchev–Trinajstić information content (AvgIpc) is 2.28. The summed E-state index contributed by atoms with van der Waals surface area (Å²) < 4.78 is 0. The zero-order chi connectivity index (χ0) is 13.1. The second-order valence-corrected chi connectivity index (χ2v) is 4.92. The van der Waals surface area contributed by atoms with Crippen LogP contribution in [0.25, 0.3) is 0 Å². The van der Waals surface area contributed by atoms with Crippen LogP contribution in [-0.4, -0.2) is 38.9 Å². The molecule has 0 bridgehead atoms. The van der Waals surface area contributed by atoms with E-state index in [2.05, 4.69) is 0 Å². The van der Waals surface area contributed by atoms with E-state index in [0.29, 0.717) is 19.3 Å². The van der Waals surface area contributed by atoms with Crippen LogP contribution >= 0.6 is 0 Å². The van der Waals surface area contributed by atoms with Crippen LogP contribution in [0.4, 0.5) is 0 Å². The van der Waals surface area contributed by atoms with Crippen molar-refractivity contribution in [3.8, 4) is 0 Å². The van der Waals surface area contributed by atoms with E-state index in [-0.39, 0.29) is 6.61 Å². The fourth-order valence-electron chi connectivity index (χ4n) is 2.06. The maximum Gasteiger partial charge on any atom is 0.151 e. The van der Waals surface area contributed by atoms with Gasteiger partial charge < -0.3 is 20.4 Å². The minimum atomic E-state index is -1.18. The van der Waals surface area contributed by atoms with Gasteiger partial charge in [0.2, 0.25) is 0 Å². The second kappa shape index (κ2) is 9.83. The molecule has 0 aliphatic carbocycles. The predicted octanol–water partition coefficient (Wildman–Crippen LogP) is 1.55. The maximum absolute atomic E-state index is 9.98. The predicted molar refractivity (Wildman–Crippen MR) is 67.5 cm³/mol. The van der Waals surface area contributed by atoms with Gasteiger partial charge in [-0.05, 0) is 25.7 Å². The summed E-state index contributed by atoms with van der Waals surface area (Å²) in [5, 5.41) is 36.4. The van der Waals surface area contributed by atoms with Crippen LogP contribution in [-0.2, 0) is 0 Å². The lowest BCUT2D eigenvalue weighted by molar-refractivity contribution is -0.0466. The molecule has 0 aliphatic heterocycles. The van der Waals surface area contributed by atoms with Crippen LogP contribution in [0.2, 0.25) is 0 Å². The molecule has 0 heterocycles. The number of hydrogen-bond donors (Lipinski definition) is 4. The van der Waals surface area contributed by atoms with Gasteiger partial charge in [0.15, 0.2) is 6.29 Å². The van der Waals surface area contributed by atoms with E-state index in [4.69, 9.17) is 15.3 Å². The van der Waals surface area contributed by atoms with Gasteiger partial charge in [0.25, 0.3) is 0 Å². The Balaban J connectivity index is 3.43. The van der Waals surface area contributed by atoms with Crippen molar-refractivity contribution in [3.63, 3.8) is 0 Å². The summed E-state index contributed by atoms with van der Waals surface area (Å²) in [5.41, 5.74) is -0.893. The third-order valence-electron chi connectivity index (χ3n) is 3.11. The maximum atomic E-state index is 9.98. The van der Waals surface area contributed by atoms with Gasteiger partial charge in [0.05, 0.1) is 12.2 Å². The first kappa shape index (κ1) is 16.8. The summed E-state index contributed by atoms with van der Waals surface area (Å²) in [7, 11) is 0. The van der Waals surface area contributed by atoms with Crippen molar-refractivity contribution in [3.05, 3.63) is 0 Å². The molecule has 1 unspecified atom stereocenters. The molecular formula is C13H28O4. The highest BCUT2D eigenvalue weighted by atomic mass is 16.5. The van der Waals surface area contributed by atoms with E-state index in [0.717, 1.165) is 38.5 Å². The highest BCUT2D eigenvalue weighted by Gasteiger charge is 2.23. The Bertz CT molecular complexity index is 173. The van der Waals surface area contributed by atoms with Gasteiger partial charge in [0, 0.05) is 0 Å². The molecule has 0 rings (SSSR count). The van der Waals surface area contributed by atoms with Gasteiger partial charge in [0.1, 0.15) is 0 Å². The molecule has 0 aromatic carbocycles. The average molecular weight is 248 g/mol. The van der Waals surface area contributed by atoms with Crippen LogP contribution in [0.1, 0.15) is 64.7 Å². The Hall–Kier alpha value is -0.160. The lowest BCUT2D eigenvalue weighted by atomic mass is 9.92. The summed E-state index contributed by atoms with van der Waals surface area (Å²) >= 11 is 0. The van der Waals surface area contributed by atoms with Crippen LogP contribution < -0.4 is 0 Å². The van der Waals surface area contributed by atoms with Gasteiger partial charge in [-0.25, -0.2) is 0 Å². The van der Waals surface area contributed by atoms with Crippen LogP contribution in [0.5, 0.6) is 0 Å². The molecule has 0 fully saturated rings. The topological polar surface area (TPSA) is 80.9 Å². The first-order valence-corrected chi connectivity index (χ1v) is 6.73. The largest absolute Gasteiger partial charge is 0.393 e. The molecular weight excluding hydrogens is 220 g/mol. The van der Waals surface area contributed by atoms with Crippen LogP contribution in [0, 0.1) is 0 Å². The first-order chi connectivity index (χ1) is 8.04. The van der Waals surface area contributed by atoms with Crippen molar-refractivity contribution in [1.29, 1.82) is 0 Å². The molecule has 104 valence electrons. The van der Waals surface area contributed by atoms with Crippen molar-refractivity contribution in [2.24, 2.45) is 0 Å². The molecule has 0 spiro atoms. The Morgan fingerprint density at radius 2 is 1.53 bits per heavy atom. The molecule has 0 saturated carbocycles. The van der Waals surface area contributed by atoms with Gasteiger partial charge in [-0.1, -0.05) is 39.0 Å². The molecule has 0 aromatic heterocycles. The standard InChI is InChI=1S/C13H28O4/c1-2-9-13(17,11-14)10-7-5-3-4-6-8-12(15)16/h12,14-17H,2-11H2,1H3. The molecule has 4 heteroatoms.